The van der Waals surface area contributed by atoms with E-state index >= 15 is 0 Å². The molecule has 0 saturated carbocycles. The molecule has 2 N–H and O–H groups in total. The van der Waals surface area contributed by atoms with Crippen molar-refractivity contribution in [3.8, 4) is 0 Å². The van der Waals surface area contributed by atoms with E-state index in [2.05, 4.69) is 14.8 Å². The number of aromatic nitrogens is 1. The van der Waals surface area contributed by atoms with Crippen molar-refractivity contribution in [2.75, 3.05) is 46.9 Å². The van der Waals surface area contributed by atoms with E-state index in [1.54, 1.807) is 19.2 Å². The summed E-state index contributed by atoms with van der Waals surface area (Å²) in [6.45, 7) is 4.36. The standard InChI is InChI=1S/C18H26FN3O2/c1-21(7-8-24-2)10-14(23)11-22-6-5-18-16(12-22)15-9-13(19)3-4-17(15)20-18/h3-4,9,14,20,23H,5-8,10-12H2,1-2H3/t14-/m0/s1. The Morgan fingerprint density at radius 1 is 1.46 bits per heavy atom. The maximum absolute atomic E-state index is 13.6. The molecule has 0 aliphatic carbocycles. The molecule has 5 nitrogen and oxygen atoms in total. The minimum absolute atomic E-state index is 0.207. The highest BCUT2D eigenvalue weighted by atomic mass is 19.1. The highest BCUT2D eigenvalue weighted by Gasteiger charge is 2.23. The first-order chi connectivity index (χ1) is 11.6. The van der Waals surface area contributed by atoms with Crippen molar-refractivity contribution >= 4 is 10.9 Å². The van der Waals surface area contributed by atoms with Gasteiger partial charge in [-0.25, -0.2) is 4.39 Å². The average molecular weight is 335 g/mol. The van der Waals surface area contributed by atoms with Crippen LogP contribution in [0, 0.1) is 5.82 Å². The fraction of sp³-hybridized carbons (Fsp3) is 0.556. The third-order valence-electron chi connectivity index (χ3n) is 4.68. The number of methoxy groups -OCH3 is 1. The number of ether oxygens (including phenoxy) is 1. The summed E-state index contributed by atoms with van der Waals surface area (Å²) in [5, 5.41) is 11.3. The van der Waals surface area contributed by atoms with Gasteiger partial charge < -0.3 is 19.7 Å². The van der Waals surface area contributed by atoms with Crippen LogP contribution in [0.2, 0.25) is 0 Å². The zero-order valence-corrected chi connectivity index (χ0v) is 14.4. The number of nitrogens with zero attached hydrogens (tertiary/aromatic N) is 2. The molecule has 6 heteroatoms. The Kier molecular flexibility index (Phi) is 5.50. The van der Waals surface area contributed by atoms with E-state index in [0.717, 1.165) is 42.5 Å². The second kappa shape index (κ2) is 7.61. The average Bonchev–Trinajstić information content (AvgIpc) is 2.90. The monoisotopic (exact) mass is 335 g/mol. The van der Waals surface area contributed by atoms with Gasteiger partial charge in [0, 0.05) is 62.9 Å². The van der Waals surface area contributed by atoms with Crippen molar-refractivity contribution in [2.45, 2.75) is 19.1 Å². The van der Waals surface area contributed by atoms with Crippen LogP contribution in [0.15, 0.2) is 18.2 Å². The molecule has 24 heavy (non-hydrogen) atoms. The van der Waals surface area contributed by atoms with Crippen molar-refractivity contribution in [2.24, 2.45) is 0 Å². The number of β-amino-alcohol motifs (C(OH)–C–C–N with tert-alkyl or cyclic N) is 1. The Morgan fingerprint density at radius 2 is 2.29 bits per heavy atom. The number of aromatic amines is 1. The Bertz CT molecular complexity index is 688. The minimum Gasteiger partial charge on any atom is -0.390 e. The summed E-state index contributed by atoms with van der Waals surface area (Å²) >= 11 is 0. The molecule has 2 aromatic rings. The number of likely N-dealkylation sites (N-methyl/N-ethyl adjacent to an activating group) is 1. The third-order valence-corrected chi connectivity index (χ3v) is 4.68. The molecule has 3 rings (SSSR count). The van der Waals surface area contributed by atoms with Crippen LogP contribution in [0.4, 0.5) is 4.39 Å². The van der Waals surface area contributed by atoms with Gasteiger partial charge in [0.1, 0.15) is 5.82 Å². The van der Waals surface area contributed by atoms with Crippen molar-refractivity contribution in [3.05, 3.63) is 35.3 Å². The molecule has 1 aromatic heterocycles. The van der Waals surface area contributed by atoms with Crippen LogP contribution in [0.1, 0.15) is 11.3 Å². The number of rotatable bonds is 7. The minimum atomic E-state index is -0.407. The lowest BCUT2D eigenvalue weighted by atomic mass is 10.0. The van der Waals surface area contributed by atoms with Gasteiger partial charge >= 0.3 is 0 Å². The zero-order valence-electron chi connectivity index (χ0n) is 14.4. The van der Waals surface area contributed by atoms with Crippen LogP contribution < -0.4 is 0 Å². The highest BCUT2D eigenvalue weighted by Crippen LogP contribution is 2.28. The summed E-state index contributed by atoms with van der Waals surface area (Å²) in [5.74, 6) is -0.207. The first-order valence-electron chi connectivity index (χ1n) is 8.43. The van der Waals surface area contributed by atoms with Gasteiger partial charge in [0.15, 0.2) is 0 Å². The van der Waals surface area contributed by atoms with Crippen molar-refractivity contribution in [3.63, 3.8) is 0 Å². The number of hydrogen-bond donors (Lipinski definition) is 2. The van der Waals surface area contributed by atoms with Gasteiger partial charge in [0.2, 0.25) is 0 Å². The quantitative estimate of drug-likeness (QED) is 0.807. The van der Waals surface area contributed by atoms with Crippen LogP contribution in [-0.4, -0.2) is 72.9 Å². The van der Waals surface area contributed by atoms with Gasteiger partial charge in [-0.3, -0.25) is 4.90 Å². The van der Waals surface area contributed by atoms with Crippen LogP contribution >= 0.6 is 0 Å². The zero-order chi connectivity index (χ0) is 17.1. The van der Waals surface area contributed by atoms with Gasteiger partial charge in [-0.2, -0.15) is 0 Å². The molecule has 132 valence electrons. The van der Waals surface area contributed by atoms with Crippen LogP contribution in [0.5, 0.6) is 0 Å². The second-order valence-corrected chi connectivity index (χ2v) is 6.67. The largest absolute Gasteiger partial charge is 0.390 e. The molecule has 0 radical (unpaired) electrons. The number of hydrogen-bond acceptors (Lipinski definition) is 4. The van der Waals surface area contributed by atoms with Gasteiger partial charge in [-0.05, 0) is 30.8 Å². The Hall–Kier alpha value is -1.47. The first-order valence-corrected chi connectivity index (χ1v) is 8.43. The first kappa shape index (κ1) is 17.4. The van der Waals surface area contributed by atoms with E-state index in [4.69, 9.17) is 4.74 Å². The number of H-pyrrole nitrogens is 1. The van der Waals surface area contributed by atoms with Gasteiger partial charge in [-0.15, -0.1) is 0 Å². The molecule has 2 heterocycles. The van der Waals surface area contributed by atoms with Crippen LogP contribution in [0.25, 0.3) is 10.9 Å². The number of fused-ring (bicyclic) bond motifs is 3. The maximum Gasteiger partial charge on any atom is 0.123 e. The predicted octanol–water partition coefficient (Wildman–Crippen LogP) is 1.60. The van der Waals surface area contributed by atoms with Crippen LogP contribution in [-0.2, 0) is 17.7 Å². The Morgan fingerprint density at radius 3 is 3.08 bits per heavy atom. The molecule has 1 aliphatic rings. The number of nitrogens with one attached hydrogen (secondary N) is 1. The molecule has 0 amide bonds. The fourth-order valence-corrected chi connectivity index (χ4v) is 3.45. The third kappa shape index (κ3) is 3.95. The van der Waals surface area contributed by atoms with Gasteiger partial charge in [-0.1, -0.05) is 0 Å². The molecular formula is C18H26FN3O2. The highest BCUT2D eigenvalue weighted by molar-refractivity contribution is 5.84. The summed E-state index contributed by atoms with van der Waals surface area (Å²) in [5.41, 5.74) is 3.34. The maximum atomic E-state index is 13.6. The normalized spacial score (nSPS) is 16.7. The summed E-state index contributed by atoms with van der Waals surface area (Å²) < 4.78 is 18.6. The SMILES string of the molecule is COCCN(C)C[C@H](O)CN1CCc2[nH]c3ccc(F)cc3c2C1. The second-order valence-electron chi connectivity index (χ2n) is 6.67. The molecule has 0 fully saturated rings. The Labute approximate surface area is 142 Å². The molecular weight excluding hydrogens is 309 g/mol. The van der Waals surface area contributed by atoms with Crippen molar-refractivity contribution < 1.29 is 14.2 Å². The lowest BCUT2D eigenvalue weighted by molar-refractivity contribution is 0.0677. The summed E-state index contributed by atoms with van der Waals surface area (Å²) in [7, 11) is 3.67. The van der Waals surface area contributed by atoms with Gasteiger partial charge in [0.25, 0.3) is 0 Å². The van der Waals surface area contributed by atoms with Crippen molar-refractivity contribution in [1.82, 2.24) is 14.8 Å². The molecule has 1 aliphatic heterocycles. The smallest absolute Gasteiger partial charge is 0.123 e. The summed E-state index contributed by atoms with van der Waals surface area (Å²) in [4.78, 5) is 7.71. The molecule has 1 atom stereocenters. The molecule has 0 saturated heterocycles. The number of halogens is 1. The number of aliphatic hydroxyl groups is 1. The van der Waals surface area contributed by atoms with E-state index in [9.17, 15) is 9.50 Å². The predicted molar refractivity (Wildman–Crippen MR) is 92.6 cm³/mol. The lowest BCUT2D eigenvalue weighted by Crippen LogP contribution is -2.41. The number of aliphatic hydroxyl groups excluding tert-OH is 1. The van der Waals surface area contributed by atoms with Crippen molar-refractivity contribution in [1.29, 1.82) is 0 Å². The topological polar surface area (TPSA) is 51.7 Å². The lowest BCUT2D eigenvalue weighted by Gasteiger charge is -2.30. The van der Waals surface area contributed by atoms with E-state index in [-0.39, 0.29) is 5.82 Å². The van der Waals surface area contributed by atoms with Gasteiger partial charge in [0.05, 0.1) is 12.7 Å². The molecule has 1 aromatic carbocycles. The Balaban J connectivity index is 1.62. The molecule has 0 unspecified atom stereocenters. The van der Waals surface area contributed by atoms with E-state index in [0.29, 0.717) is 19.7 Å². The van der Waals surface area contributed by atoms with E-state index < -0.39 is 6.10 Å². The van der Waals surface area contributed by atoms with E-state index in [1.165, 1.54) is 11.8 Å². The summed E-state index contributed by atoms with van der Waals surface area (Å²) in [6.07, 6.45) is 0.494. The van der Waals surface area contributed by atoms with E-state index in [1.807, 2.05) is 7.05 Å². The molecule has 0 bridgehead atoms. The fourth-order valence-electron chi connectivity index (χ4n) is 3.45. The summed E-state index contributed by atoms with van der Waals surface area (Å²) in [6, 6.07) is 4.89. The molecule has 0 spiro atoms. The van der Waals surface area contributed by atoms with Crippen LogP contribution in [0.3, 0.4) is 0 Å². The number of benzene rings is 1.